The molecule has 0 aromatic carbocycles. The van der Waals surface area contributed by atoms with Crippen molar-refractivity contribution in [3.05, 3.63) is 23.7 Å². The number of aliphatic hydroxyl groups is 1. The van der Waals surface area contributed by atoms with Gasteiger partial charge in [0.2, 0.25) is 5.91 Å². The molecule has 0 bridgehead atoms. The number of amides is 3. The van der Waals surface area contributed by atoms with Gasteiger partial charge in [-0.25, -0.2) is 9.79 Å². The number of hydrogen-bond donors (Lipinski definition) is 4. The summed E-state index contributed by atoms with van der Waals surface area (Å²) in [6.45, 7) is 6.72. The Bertz CT molecular complexity index is 637. The normalized spacial score (nSPS) is 17.4. The van der Waals surface area contributed by atoms with Crippen molar-refractivity contribution in [2.45, 2.75) is 26.4 Å². The van der Waals surface area contributed by atoms with Crippen molar-refractivity contribution in [1.82, 2.24) is 20.9 Å². The minimum absolute atomic E-state index is 0.0401. The number of aryl methyl sites for hydroxylation is 1. The van der Waals surface area contributed by atoms with Crippen molar-refractivity contribution in [2.75, 3.05) is 32.7 Å². The molecule has 2 rings (SSSR count). The monoisotopic (exact) mass is 351 g/mol. The van der Waals surface area contributed by atoms with Crippen molar-refractivity contribution >= 4 is 17.9 Å². The number of carbonyl (C=O) groups excluding carboxylic acids is 2. The number of furan rings is 1. The lowest BCUT2D eigenvalue weighted by atomic mass is 10.0. The second-order valence-corrected chi connectivity index (χ2v) is 6.01. The van der Waals surface area contributed by atoms with Crippen LogP contribution in [0, 0.1) is 6.92 Å². The highest BCUT2D eigenvalue weighted by molar-refractivity contribution is 6.01. The summed E-state index contributed by atoms with van der Waals surface area (Å²) in [6.07, 6.45) is 0. The molecule has 1 saturated heterocycles. The molecule has 0 spiro atoms. The Morgan fingerprint density at radius 2 is 2.20 bits per heavy atom. The minimum Gasteiger partial charge on any atom is -0.463 e. The van der Waals surface area contributed by atoms with Crippen molar-refractivity contribution in [1.29, 1.82) is 0 Å². The van der Waals surface area contributed by atoms with E-state index in [9.17, 15) is 14.7 Å². The quantitative estimate of drug-likeness (QED) is 0.309. The first-order chi connectivity index (χ1) is 11.8. The third-order valence-electron chi connectivity index (χ3n) is 3.73. The van der Waals surface area contributed by atoms with Gasteiger partial charge in [0.15, 0.2) is 5.96 Å². The number of hydrogen-bond acceptors (Lipinski definition) is 5. The lowest BCUT2D eigenvalue weighted by molar-refractivity contribution is -0.124. The van der Waals surface area contributed by atoms with E-state index in [2.05, 4.69) is 20.9 Å². The first-order valence-corrected chi connectivity index (χ1v) is 8.23. The summed E-state index contributed by atoms with van der Waals surface area (Å²) < 4.78 is 5.46. The van der Waals surface area contributed by atoms with E-state index in [1.165, 1.54) is 0 Å². The fourth-order valence-corrected chi connectivity index (χ4v) is 2.34. The van der Waals surface area contributed by atoms with Crippen LogP contribution in [0.15, 0.2) is 21.5 Å². The molecule has 0 aliphatic carbocycles. The zero-order valence-electron chi connectivity index (χ0n) is 14.8. The van der Waals surface area contributed by atoms with Gasteiger partial charge in [-0.2, -0.15) is 0 Å². The van der Waals surface area contributed by atoms with Crippen molar-refractivity contribution < 1.29 is 19.1 Å². The van der Waals surface area contributed by atoms with E-state index < -0.39 is 5.60 Å². The molecule has 4 N–H and O–H groups in total. The fraction of sp³-hybridized carbons (Fsp3) is 0.562. The first-order valence-electron chi connectivity index (χ1n) is 8.23. The Labute approximate surface area is 146 Å². The van der Waals surface area contributed by atoms with Gasteiger partial charge in [0, 0.05) is 19.6 Å². The predicted molar refractivity (Wildman–Crippen MR) is 92.1 cm³/mol. The Kier molecular flexibility index (Phi) is 6.02. The largest absolute Gasteiger partial charge is 0.463 e. The number of urea groups is 1. The smallest absolute Gasteiger partial charge is 0.324 e. The van der Waals surface area contributed by atoms with E-state index in [0.717, 1.165) is 10.7 Å². The van der Waals surface area contributed by atoms with Crippen LogP contribution in [0.5, 0.6) is 0 Å². The molecule has 25 heavy (non-hydrogen) atoms. The van der Waals surface area contributed by atoms with E-state index in [0.29, 0.717) is 24.8 Å². The topological polar surface area (TPSA) is 119 Å². The van der Waals surface area contributed by atoms with E-state index in [1.807, 2.05) is 13.8 Å². The molecule has 1 unspecified atom stereocenters. The predicted octanol–water partition coefficient (Wildman–Crippen LogP) is -0.0976. The molecule has 138 valence electrons. The van der Waals surface area contributed by atoms with Crippen LogP contribution < -0.4 is 16.0 Å². The molecule has 3 amide bonds. The molecule has 0 radical (unpaired) electrons. The lowest BCUT2D eigenvalue weighted by Gasteiger charge is -2.20. The number of nitrogens with zero attached hydrogens (tertiary/aromatic N) is 2. The van der Waals surface area contributed by atoms with Crippen LogP contribution in [0.25, 0.3) is 0 Å². The van der Waals surface area contributed by atoms with Gasteiger partial charge in [-0.1, -0.05) is 0 Å². The molecule has 1 aliphatic rings. The highest BCUT2D eigenvalue weighted by Gasteiger charge is 2.28. The molecule has 9 nitrogen and oxygen atoms in total. The summed E-state index contributed by atoms with van der Waals surface area (Å²) in [6, 6.07) is 3.13. The Balaban J connectivity index is 1.91. The molecule has 1 aromatic heterocycles. The van der Waals surface area contributed by atoms with Crippen LogP contribution in [-0.2, 0) is 10.4 Å². The molecular weight excluding hydrogens is 326 g/mol. The number of nitrogens with one attached hydrogen (secondary N) is 3. The van der Waals surface area contributed by atoms with Gasteiger partial charge in [-0.05, 0) is 32.9 Å². The number of rotatable bonds is 7. The van der Waals surface area contributed by atoms with Crippen molar-refractivity contribution in [2.24, 2.45) is 4.99 Å². The Hall–Kier alpha value is -2.55. The van der Waals surface area contributed by atoms with Crippen LogP contribution in [0.4, 0.5) is 4.79 Å². The van der Waals surface area contributed by atoms with Crippen molar-refractivity contribution in [3.8, 4) is 0 Å². The number of imide groups is 1. The average molecular weight is 351 g/mol. The van der Waals surface area contributed by atoms with E-state index >= 15 is 0 Å². The summed E-state index contributed by atoms with van der Waals surface area (Å²) in [5.41, 5.74) is -1.23. The maximum Gasteiger partial charge on any atom is 0.324 e. The van der Waals surface area contributed by atoms with Crippen LogP contribution in [0.1, 0.15) is 25.4 Å². The van der Waals surface area contributed by atoms with Crippen LogP contribution in [0.2, 0.25) is 0 Å². The van der Waals surface area contributed by atoms with Crippen LogP contribution in [0.3, 0.4) is 0 Å². The fourth-order valence-electron chi connectivity index (χ4n) is 2.34. The first kappa shape index (κ1) is 18.8. The second kappa shape index (κ2) is 8.02. The second-order valence-electron chi connectivity index (χ2n) is 6.01. The van der Waals surface area contributed by atoms with E-state index in [4.69, 9.17) is 4.42 Å². The molecule has 1 aliphatic heterocycles. The highest BCUT2D eigenvalue weighted by atomic mass is 16.4. The maximum absolute atomic E-state index is 11.5. The lowest BCUT2D eigenvalue weighted by Crippen LogP contribution is -2.43. The SMILES string of the molecule is CCNC(=NCC(C)(O)c1ccc(C)o1)NCCN1C(=O)CNC1=O. The van der Waals surface area contributed by atoms with Gasteiger partial charge in [-0.3, -0.25) is 9.69 Å². The highest BCUT2D eigenvalue weighted by Crippen LogP contribution is 2.22. The summed E-state index contributed by atoms with van der Waals surface area (Å²) in [4.78, 5) is 28.5. The number of carbonyl (C=O) groups is 2. The van der Waals surface area contributed by atoms with Gasteiger partial charge in [0.1, 0.15) is 17.1 Å². The number of guanidine groups is 1. The minimum atomic E-state index is -1.23. The van der Waals surface area contributed by atoms with Gasteiger partial charge >= 0.3 is 6.03 Å². The van der Waals surface area contributed by atoms with Crippen LogP contribution >= 0.6 is 0 Å². The number of aliphatic imine (C=N–C) groups is 1. The molecular formula is C16H25N5O4. The van der Waals surface area contributed by atoms with Gasteiger partial charge < -0.3 is 25.5 Å². The molecule has 9 heteroatoms. The molecule has 2 heterocycles. The summed E-state index contributed by atoms with van der Waals surface area (Å²) in [5.74, 6) is 1.41. The average Bonchev–Trinajstić information content (AvgIpc) is 3.13. The third kappa shape index (κ3) is 4.96. The molecule has 1 atom stereocenters. The zero-order chi connectivity index (χ0) is 18.4. The third-order valence-corrected chi connectivity index (χ3v) is 3.73. The maximum atomic E-state index is 11.5. The Morgan fingerprint density at radius 3 is 2.76 bits per heavy atom. The van der Waals surface area contributed by atoms with E-state index in [1.54, 1.807) is 19.1 Å². The standard InChI is InChI=1S/C16H25N5O4/c1-4-17-14(18-7-8-21-13(22)9-19-15(21)23)20-10-16(3,24)12-6-5-11(2)25-12/h5-6,24H,4,7-10H2,1-3H3,(H,19,23)(H2,17,18,20). The summed E-state index contributed by atoms with van der Waals surface area (Å²) >= 11 is 0. The van der Waals surface area contributed by atoms with E-state index in [-0.39, 0.29) is 31.6 Å². The van der Waals surface area contributed by atoms with Gasteiger partial charge in [0.25, 0.3) is 0 Å². The summed E-state index contributed by atoms with van der Waals surface area (Å²) in [5, 5.41) is 19.1. The molecule has 1 aromatic rings. The van der Waals surface area contributed by atoms with Gasteiger partial charge in [-0.15, -0.1) is 0 Å². The van der Waals surface area contributed by atoms with Gasteiger partial charge in [0.05, 0.1) is 13.1 Å². The zero-order valence-corrected chi connectivity index (χ0v) is 14.8. The molecule has 0 saturated carbocycles. The summed E-state index contributed by atoms with van der Waals surface area (Å²) in [7, 11) is 0. The van der Waals surface area contributed by atoms with Crippen LogP contribution in [-0.4, -0.2) is 60.6 Å². The molecule has 1 fully saturated rings. The van der Waals surface area contributed by atoms with Crippen molar-refractivity contribution in [3.63, 3.8) is 0 Å². The Morgan fingerprint density at radius 1 is 1.44 bits per heavy atom.